The monoisotopic (exact) mass is 292 g/mol. The summed E-state index contributed by atoms with van der Waals surface area (Å²) in [5.74, 6) is 0. The molecule has 0 bridgehead atoms. The van der Waals surface area contributed by atoms with E-state index in [1.807, 2.05) is 33.1 Å². The Kier molecular flexibility index (Phi) is 3.79. The summed E-state index contributed by atoms with van der Waals surface area (Å²) in [5.41, 5.74) is -0.917. The Morgan fingerprint density at radius 2 is 2.07 bits per heavy atom. The van der Waals surface area contributed by atoms with Gasteiger partial charge < -0.3 is 10.4 Å². The first-order chi connectivity index (χ1) is 6.72. The van der Waals surface area contributed by atoms with Crippen LogP contribution < -0.4 is 5.32 Å². The van der Waals surface area contributed by atoms with Crippen LogP contribution in [-0.2, 0) is 0 Å². The van der Waals surface area contributed by atoms with Crippen LogP contribution in [-0.4, -0.2) is 22.2 Å². The average Bonchev–Trinajstić information content (AvgIpc) is 2.46. The first kappa shape index (κ1) is 12.9. The highest BCUT2D eigenvalue weighted by atomic mass is 79.9. The second-order valence-corrected chi connectivity index (χ2v) is 6.44. The van der Waals surface area contributed by atoms with Crippen LogP contribution in [0.25, 0.3) is 0 Å². The van der Waals surface area contributed by atoms with Crippen LogP contribution in [0.1, 0.15) is 27.7 Å². The minimum Gasteiger partial charge on any atom is -0.390 e. The largest absolute Gasteiger partial charge is 0.390 e. The van der Waals surface area contributed by atoms with Crippen molar-refractivity contribution in [1.82, 2.24) is 4.98 Å². The molecule has 1 aromatic rings. The van der Waals surface area contributed by atoms with Crippen molar-refractivity contribution in [3.63, 3.8) is 0 Å². The second kappa shape index (κ2) is 4.39. The van der Waals surface area contributed by atoms with Crippen LogP contribution in [0.5, 0.6) is 0 Å². The van der Waals surface area contributed by atoms with E-state index < -0.39 is 5.60 Å². The van der Waals surface area contributed by atoms with Crippen molar-refractivity contribution in [3.8, 4) is 0 Å². The summed E-state index contributed by atoms with van der Waals surface area (Å²) < 4.78 is 0.844. The van der Waals surface area contributed by atoms with Gasteiger partial charge in [-0.1, -0.05) is 13.8 Å². The van der Waals surface area contributed by atoms with Crippen molar-refractivity contribution < 1.29 is 5.11 Å². The zero-order chi connectivity index (χ0) is 11.7. The van der Waals surface area contributed by atoms with Crippen LogP contribution >= 0.6 is 27.3 Å². The highest BCUT2D eigenvalue weighted by molar-refractivity contribution is 9.10. The normalized spacial score (nSPS) is 12.9. The van der Waals surface area contributed by atoms with Gasteiger partial charge in [-0.2, -0.15) is 0 Å². The number of rotatable bonds is 4. The lowest BCUT2D eigenvalue weighted by atomic mass is 9.77. The van der Waals surface area contributed by atoms with Gasteiger partial charge in [0, 0.05) is 17.3 Å². The molecule has 1 heterocycles. The highest BCUT2D eigenvalue weighted by Gasteiger charge is 2.34. The third-order valence-corrected chi connectivity index (χ3v) is 4.32. The molecule has 3 nitrogen and oxygen atoms in total. The Morgan fingerprint density at radius 1 is 1.47 bits per heavy atom. The first-order valence-corrected chi connectivity index (χ1v) is 6.47. The fourth-order valence-electron chi connectivity index (χ4n) is 0.848. The van der Waals surface area contributed by atoms with Gasteiger partial charge in [-0.15, -0.1) is 11.3 Å². The highest BCUT2D eigenvalue weighted by Crippen LogP contribution is 2.31. The van der Waals surface area contributed by atoms with Gasteiger partial charge in [0.2, 0.25) is 0 Å². The maximum Gasteiger partial charge on any atom is 0.183 e. The van der Waals surface area contributed by atoms with Gasteiger partial charge in [0.1, 0.15) is 4.60 Å². The number of hydrogen-bond acceptors (Lipinski definition) is 4. The van der Waals surface area contributed by atoms with Gasteiger partial charge in [0.15, 0.2) is 5.13 Å². The van der Waals surface area contributed by atoms with E-state index in [0.717, 1.165) is 9.73 Å². The molecule has 1 rings (SSSR count). The summed E-state index contributed by atoms with van der Waals surface area (Å²) in [6.07, 6.45) is 0. The first-order valence-electron chi connectivity index (χ1n) is 4.80. The lowest BCUT2D eigenvalue weighted by molar-refractivity contribution is -0.0270. The Hall–Kier alpha value is -0.130. The maximum absolute atomic E-state index is 9.96. The molecule has 0 fully saturated rings. The lowest BCUT2D eigenvalue weighted by Gasteiger charge is -2.37. The fraction of sp³-hybridized carbons (Fsp3) is 0.700. The summed E-state index contributed by atoms with van der Waals surface area (Å²) in [4.78, 5) is 4.24. The van der Waals surface area contributed by atoms with E-state index >= 15 is 0 Å². The van der Waals surface area contributed by atoms with E-state index in [2.05, 4.69) is 26.2 Å². The van der Waals surface area contributed by atoms with Gasteiger partial charge in [-0.3, -0.25) is 0 Å². The summed E-state index contributed by atoms with van der Waals surface area (Å²) in [6, 6.07) is 0. The minimum atomic E-state index is -0.714. The van der Waals surface area contributed by atoms with Gasteiger partial charge in [-0.05, 0) is 29.8 Å². The van der Waals surface area contributed by atoms with Crippen molar-refractivity contribution in [3.05, 3.63) is 9.98 Å². The standard InChI is InChI=1S/C10H17BrN2OS/c1-9(2,10(3,4)14)6-12-8-13-7(11)5-15-8/h5,14H,6H2,1-4H3,(H,12,13). The molecule has 0 aliphatic heterocycles. The number of hydrogen-bond donors (Lipinski definition) is 2. The third-order valence-electron chi connectivity index (χ3n) is 2.81. The van der Waals surface area contributed by atoms with E-state index in [1.54, 1.807) is 11.3 Å². The van der Waals surface area contributed by atoms with Crippen molar-refractivity contribution in [2.45, 2.75) is 33.3 Å². The molecule has 0 saturated carbocycles. The number of aliphatic hydroxyl groups is 1. The van der Waals surface area contributed by atoms with Gasteiger partial charge in [0.05, 0.1) is 5.60 Å². The predicted octanol–water partition coefficient (Wildman–Crippen LogP) is 3.11. The lowest BCUT2D eigenvalue weighted by Crippen LogP contribution is -2.43. The minimum absolute atomic E-state index is 0.203. The van der Waals surface area contributed by atoms with Crippen molar-refractivity contribution in [1.29, 1.82) is 0 Å². The summed E-state index contributed by atoms with van der Waals surface area (Å²) >= 11 is 4.85. The van der Waals surface area contributed by atoms with Crippen LogP contribution in [0.15, 0.2) is 9.98 Å². The SMILES string of the molecule is CC(C)(O)C(C)(C)CNc1nc(Br)cs1. The molecule has 0 saturated heterocycles. The molecule has 1 aromatic heterocycles. The fourth-order valence-corrected chi connectivity index (χ4v) is 1.99. The van der Waals surface area contributed by atoms with Crippen LogP contribution in [0.2, 0.25) is 0 Å². The van der Waals surface area contributed by atoms with Crippen molar-refractivity contribution >= 4 is 32.4 Å². The molecule has 0 aromatic carbocycles. The molecular formula is C10H17BrN2OS. The van der Waals surface area contributed by atoms with E-state index in [4.69, 9.17) is 0 Å². The summed E-state index contributed by atoms with van der Waals surface area (Å²) in [6.45, 7) is 8.40. The second-order valence-electron chi connectivity index (χ2n) is 4.77. The average molecular weight is 293 g/mol. The number of thiazole rings is 1. The zero-order valence-corrected chi connectivity index (χ0v) is 11.9. The smallest absolute Gasteiger partial charge is 0.183 e. The molecule has 0 amide bonds. The molecule has 0 unspecified atom stereocenters. The number of anilines is 1. The van der Waals surface area contributed by atoms with Crippen molar-refractivity contribution in [2.75, 3.05) is 11.9 Å². The van der Waals surface area contributed by atoms with Gasteiger partial charge >= 0.3 is 0 Å². The maximum atomic E-state index is 9.96. The molecule has 15 heavy (non-hydrogen) atoms. The van der Waals surface area contributed by atoms with Crippen molar-refractivity contribution in [2.24, 2.45) is 5.41 Å². The molecule has 0 aliphatic rings. The van der Waals surface area contributed by atoms with E-state index in [9.17, 15) is 5.11 Å². The molecular weight excluding hydrogens is 276 g/mol. The quantitative estimate of drug-likeness (QED) is 0.896. The topological polar surface area (TPSA) is 45.1 Å². The molecule has 0 radical (unpaired) electrons. The Bertz CT molecular complexity index is 330. The third kappa shape index (κ3) is 3.43. The molecule has 2 N–H and O–H groups in total. The van der Waals surface area contributed by atoms with Crippen LogP contribution in [0.3, 0.4) is 0 Å². The van der Waals surface area contributed by atoms with Crippen LogP contribution in [0, 0.1) is 5.41 Å². The van der Waals surface area contributed by atoms with E-state index in [1.165, 1.54) is 0 Å². The number of nitrogens with zero attached hydrogens (tertiary/aromatic N) is 1. The Labute approximate surface area is 103 Å². The van der Waals surface area contributed by atoms with E-state index in [-0.39, 0.29) is 5.41 Å². The summed E-state index contributed by atoms with van der Waals surface area (Å²) in [5, 5.41) is 16.0. The molecule has 86 valence electrons. The molecule has 0 atom stereocenters. The Balaban J connectivity index is 2.57. The van der Waals surface area contributed by atoms with Gasteiger partial charge in [0.25, 0.3) is 0 Å². The molecule has 5 heteroatoms. The number of nitrogens with one attached hydrogen (secondary N) is 1. The predicted molar refractivity (Wildman–Crippen MR) is 68.4 cm³/mol. The molecule has 0 spiro atoms. The molecule has 0 aliphatic carbocycles. The van der Waals surface area contributed by atoms with E-state index in [0.29, 0.717) is 6.54 Å². The summed E-state index contributed by atoms with van der Waals surface area (Å²) in [7, 11) is 0. The number of halogens is 1. The number of aromatic nitrogens is 1. The van der Waals surface area contributed by atoms with Gasteiger partial charge in [-0.25, -0.2) is 4.98 Å². The van der Waals surface area contributed by atoms with Crippen LogP contribution in [0.4, 0.5) is 5.13 Å². The Morgan fingerprint density at radius 3 is 2.47 bits per heavy atom. The zero-order valence-electron chi connectivity index (χ0n) is 9.47.